The Morgan fingerprint density at radius 3 is 2.54 bits per heavy atom. The highest BCUT2D eigenvalue weighted by Gasteiger charge is 2.41. The van der Waals surface area contributed by atoms with Gasteiger partial charge in [0.15, 0.2) is 0 Å². The SMILES string of the molecule is CCN(c1ncc(Br)cc1CN1C(=O)O[C@H](c2cc(C)cc(C(F)(F)F)c2)[C@@H]1C)C1CCCCC1. The first-order valence-electron chi connectivity index (χ1n) is 12.2. The van der Waals surface area contributed by atoms with Crippen molar-refractivity contribution < 1.29 is 22.7 Å². The summed E-state index contributed by atoms with van der Waals surface area (Å²) in [6.45, 7) is 6.61. The predicted molar refractivity (Wildman–Crippen MR) is 132 cm³/mol. The van der Waals surface area contributed by atoms with Crippen LogP contribution in [0.15, 0.2) is 34.9 Å². The number of hydrogen-bond donors (Lipinski definition) is 0. The first-order valence-corrected chi connectivity index (χ1v) is 12.9. The molecule has 1 aromatic heterocycles. The van der Waals surface area contributed by atoms with Crippen molar-refractivity contribution in [1.82, 2.24) is 9.88 Å². The fourth-order valence-electron chi connectivity index (χ4n) is 5.31. The summed E-state index contributed by atoms with van der Waals surface area (Å²) >= 11 is 3.50. The number of alkyl halides is 3. The summed E-state index contributed by atoms with van der Waals surface area (Å²) in [4.78, 5) is 21.5. The average Bonchev–Trinajstić information content (AvgIpc) is 3.09. The van der Waals surface area contributed by atoms with Crippen LogP contribution in [-0.2, 0) is 17.5 Å². The molecule has 1 saturated carbocycles. The van der Waals surface area contributed by atoms with Crippen LogP contribution in [0.25, 0.3) is 0 Å². The number of cyclic esters (lactones) is 1. The molecule has 1 amide bonds. The van der Waals surface area contributed by atoms with Gasteiger partial charge in [0, 0.05) is 28.8 Å². The van der Waals surface area contributed by atoms with Crippen LogP contribution in [0.4, 0.5) is 23.8 Å². The number of benzene rings is 1. The van der Waals surface area contributed by atoms with E-state index in [4.69, 9.17) is 9.72 Å². The highest BCUT2D eigenvalue weighted by Crippen LogP contribution is 2.39. The summed E-state index contributed by atoms with van der Waals surface area (Å²) in [7, 11) is 0. The molecule has 2 aliphatic rings. The van der Waals surface area contributed by atoms with Crippen molar-refractivity contribution in [1.29, 1.82) is 0 Å². The molecular formula is C26H31BrF3N3O2. The molecule has 1 aromatic carbocycles. The van der Waals surface area contributed by atoms with Crippen molar-refractivity contribution in [2.45, 2.75) is 83.8 Å². The van der Waals surface area contributed by atoms with Gasteiger partial charge in [0.05, 0.1) is 18.2 Å². The topological polar surface area (TPSA) is 45.7 Å². The van der Waals surface area contributed by atoms with Gasteiger partial charge in [0.1, 0.15) is 11.9 Å². The van der Waals surface area contributed by atoms with Gasteiger partial charge in [-0.2, -0.15) is 13.2 Å². The van der Waals surface area contributed by atoms with Gasteiger partial charge in [-0.05, 0) is 73.3 Å². The minimum atomic E-state index is -4.47. The Labute approximate surface area is 212 Å². The minimum Gasteiger partial charge on any atom is -0.439 e. The fourth-order valence-corrected chi connectivity index (χ4v) is 5.69. The van der Waals surface area contributed by atoms with Crippen LogP contribution < -0.4 is 4.90 Å². The molecule has 0 spiro atoms. The van der Waals surface area contributed by atoms with Gasteiger partial charge >= 0.3 is 12.3 Å². The lowest BCUT2D eigenvalue weighted by Crippen LogP contribution is -2.39. The molecule has 2 fully saturated rings. The van der Waals surface area contributed by atoms with E-state index in [-0.39, 0.29) is 6.54 Å². The number of aromatic nitrogens is 1. The van der Waals surface area contributed by atoms with E-state index >= 15 is 0 Å². The van der Waals surface area contributed by atoms with Gasteiger partial charge in [0.2, 0.25) is 0 Å². The molecule has 2 heterocycles. The first-order chi connectivity index (χ1) is 16.6. The van der Waals surface area contributed by atoms with Crippen molar-refractivity contribution in [3.8, 4) is 0 Å². The molecule has 1 aliphatic carbocycles. The Morgan fingerprint density at radius 1 is 1.17 bits per heavy atom. The third kappa shape index (κ3) is 5.60. The maximum atomic E-state index is 13.4. The molecule has 35 heavy (non-hydrogen) atoms. The standard InChI is InChI=1S/C26H31BrF3N3O2/c1-4-32(22-8-6-5-7-9-22)24-19(13-21(27)14-31-24)15-33-17(3)23(35-25(33)34)18-10-16(2)11-20(12-18)26(28,29)30/h10-14,17,22-23H,4-9,15H2,1-3H3/t17-,23-/m0/s1. The summed E-state index contributed by atoms with van der Waals surface area (Å²) in [6, 6.07) is 5.77. The van der Waals surface area contributed by atoms with E-state index < -0.39 is 30.0 Å². The lowest BCUT2D eigenvalue weighted by molar-refractivity contribution is -0.137. The number of anilines is 1. The zero-order valence-corrected chi connectivity index (χ0v) is 21.8. The minimum absolute atomic E-state index is 0.263. The molecule has 0 N–H and O–H groups in total. The third-order valence-electron chi connectivity index (χ3n) is 7.03. The molecular weight excluding hydrogens is 523 g/mol. The molecule has 0 bridgehead atoms. The zero-order valence-electron chi connectivity index (χ0n) is 20.2. The van der Waals surface area contributed by atoms with Gasteiger partial charge in [-0.1, -0.05) is 30.9 Å². The second kappa shape index (κ2) is 10.4. The lowest BCUT2D eigenvalue weighted by Gasteiger charge is -2.36. The van der Waals surface area contributed by atoms with Crippen LogP contribution >= 0.6 is 15.9 Å². The monoisotopic (exact) mass is 553 g/mol. The second-order valence-electron chi connectivity index (χ2n) is 9.52. The molecule has 1 aliphatic heterocycles. The molecule has 2 atom stereocenters. The number of carbonyl (C=O) groups is 1. The number of carbonyl (C=O) groups excluding carboxylic acids is 1. The van der Waals surface area contributed by atoms with Crippen LogP contribution in [0.5, 0.6) is 0 Å². The third-order valence-corrected chi connectivity index (χ3v) is 7.46. The number of aryl methyl sites for hydroxylation is 1. The van der Waals surface area contributed by atoms with Gasteiger partial charge < -0.3 is 9.64 Å². The molecule has 1 saturated heterocycles. The number of nitrogens with zero attached hydrogens (tertiary/aromatic N) is 3. The average molecular weight is 554 g/mol. The predicted octanol–water partition coefficient (Wildman–Crippen LogP) is 7.41. The van der Waals surface area contributed by atoms with E-state index in [0.717, 1.165) is 47.4 Å². The Hall–Kier alpha value is -2.29. The number of ether oxygens (including phenoxy) is 1. The number of halogens is 4. The Morgan fingerprint density at radius 2 is 1.89 bits per heavy atom. The van der Waals surface area contributed by atoms with Crippen molar-refractivity contribution in [3.05, 3.63) is 57.2 Å². The molecule has 4 rings (SSSR count). The van der Waals surface area contributed by atoms with E-state index in [1.807, 2.05) is 13.0 Å². The van der Waals surface area contributed by atoms with Crippen LogP contribution in [-0.4, -0.2) is 34.6 Å². The number of rotatable bonds is 6. The molecule has 2 aromatic rings. The summed E-state index contributed by atoms with van der Waals surface area (Å²) in [5.41, 5.74) is 0.974. The van der Waals surface area contributed by atoms with Crippen molar-refractivity contribution in [2.24, 2.45) is 0 Å². The second-order valence-corrected chi connectivity index (χ2v) is 10.4. The van der Waals surface area contributed by atoms with E-state index in [1.165, 1.54) is 19.3 Å². The lowest BCUT2D eigenvalue weighted by atomic mass is 9.94. The van der Waals surface area contributed by atoms with Crippen molar-refractivity contribution in [2.75, 3.05) is 11.4 Å². The maximum Gasteiger partial charge on any atom is 0.416 e. The van der Waals surface area contributed by atoms with Gasteiger partial charge in [-0.25, -0.2) is 9.78 Å². The first kappa shape index (κ1) is 25.8. The molecule has 9 heteroatoms. The van der Waals surface area contributed by atoms with Crippen LogP contribution in [0, 0.1) is 6.92 Å². The molecule has 0 radical (unpaired) electrons. The maximum absolute atomic E-state index is 13.4. The smallest absolute Gasteiger partial charge is 0.416 e. The van der Waals surface area contributed by atoms with E-state index in [1.54, 1.807) is 24.1 Å². The summed E-state index contributed by atoms with van der Waals surface area (Å²) in [6.07, 6.45) is 1.85. The highest BCUT2D eigenvalue weighted by atomic mass is 79.9. The van der Waals surface area contributed by atoms with E-state index in [9.17, 15) is 18.0 Å². The van der Waals surface area contributed by atoms with Crippen LogP contribution in [0.1, 0.15) is 74.3 Å². The quantitative estimate of drug-likeness (QED) is 0.373. The van der Waals surface area contributed by atoms with Crippen LogP contribution in [0.2, 0.25) is 0 Å². The van der Waals surface area contributed by atoms with Crippen molar-refractivity contribution >= 4 is 27.8 Å². The van der Waals surface area contributed by atoms with E-state index in [0.29, 0.717) is 17.2 Å². The van der Waals surface area contributed by atoms with Crippen LogP contribution in [0.3, 0.4) is 0 Å². The molecule has 0 unspecified atom stereocenters. The van der Waals surface area contributed by atoms with Gasteiger partial charge in [0.25, 0.3) is 0 Å². The summed E-state index contributed by atoms with van der Waals surface area (Å²) < 4.78 is 46.6. The Balaban J connectivity index is 1.61. The van der Waals surface area contributed by atoms with Crippen molar-refractivity contribution in [3.63, 3.8) is 0 Å². The fraction of sp³-hybridized carbons (Fsp3) is 0.538. The number of hydrogen-bond acceptors (Lipinski definition) is 4. The van der Waals surface area contributed by atoms with Gasteiger partial charge in [-0.3, -0.25) is 4.90 Å². The summed E-state index contributed by atoms with van der Waals surface area (Å²) in [5, 5.41) is 0. The Bertz CT molecular complexity index is 1070. The van der Waals surface area contributed by atoms with Gasteiger partial charge in [-0.15, -0.1) is 0 Å². The largest absolute Gasteiger partial charge is 0.439 e. The molecule has 190 valence electrons. The zero-order chi connectivity index (χ0) is 25.3. The normalized spacial score (nSPS) is 21.3. The number of amides is 1. The summed E-state index contributed by atoms with van der Waals surface area (Å²) in [5.74, 6) is 0.848. The highest BCUT2D eigenvalue weighted by molar-refractivity contribution is 9.10. The number of pyridine rings is 1. The van der Waals surface area contributed by atoms with E-state index in [2.05, 4.69) is 27.8 Å². The Kier molecular flexibility index (Phi) is 7.64. The molecule has 5 nitrogen and oxygen atoms in total.